The van der Waals surface area contributed by atoms with Gasteiger partial charge >= 0.3 is 0 Å². The van der Waals surface area contributed by atoms with E-state index in [-0.39, 0.29) is 24.3 Å². The molecule has 32 heavy (non-hydrogen) atoms. The summed E-state index contributed by atoms with van der Waals surface area (Å²) in [6.07, 6.45) is 1.41. The van der Waals surface area contributed by atoms with Gasteiger partial charge in [-0.2, -0.15) is 0 Å². The Morgan fingerprint density at radius 3 is 2.31 bits per heavy atom. The number of nitrogens with one attached hydrogen (secondary N) is 3. The molecule has 1 heterocycles. The van der Waals surface area contributed by atoms with Crippen LogP contribution >= 0.6 is 0 Å². The third kappa shape index (κ3) is 5.57. The number of aromatic nitrogens is 3. The standard InChI is InChI=1S/C24H22N6O2/c31-22(25-15-18-9-3-1-4-10-18)16-30-17-26-24(29-30)28-23(32)20-13-7-8-14-21(20)27-19-11-5-2-6-12-19/h1-14,17,27H,15-16H2,(H,25,31)(H,28,29,32). The summed E-state index contributed by atoms with van der Waals surface area (Å²) >= 11 is 0. The Hall–Kier alpha value is -4.46. The van der Waals surface area contributed by atoms with E-state index < -0.39 is 0 Å². The SMILES string of the molecule is O=C(Cn1cnc(NC(=O)c2ccccc2Nc2ccccc2)n1)NCc1ccccc1. The topological polar surface area (TPSA) is 101 Å². The van der Waals surface area contributed by atoms with Crippen LogP contribution in [0, 0.1) is 0 Å². The second-order valence-electron chi connectivity index (χ2n) is 7.02. The summed E-state index contributed by atoms with van der Waals surface area (Å²) in [4.78, 5) is 29.0. The summed E-state index contributed by atoms with van der Waals surface area (Å²) in [6.45, 7) is 0.436. The largest absolute Gasteiger partial charge is 0.355 e. The predicted molar refractivity (Wildman–Crippen MR) is 122 cm³/mol. The highest BCUT2D eigenvalue weighted by Gasteiger charge is 2.14. The van der Waals surface area contributed by atoms with Gasteiger partial charge in [0, 0.05) is 12.2 Å². The molecule has 0 unspecified atom stereocenters. The van der Waals surface area contributed by atoms with Gasteiger partial charge in [0.2, 0.25) is 11.9 Å². The number of para-hydroxylation sites is 2. The first kappa shape index (κ1) is 20.8. The van der Waals surface area contributed by atoms with E-state index in [1.165, 1.54) is 11.0 Å². The van der Waals surface area contributed by atoms with Crippen molar-refractivity contribution in [3.05, 3.63) is 102 Å². The average molecular weight is 426 g/mol. The lowest BCUT2D eigenvalue weighted by Crippen LogP contribution is -2.27. The molecule has 0 fully saturated rings. The highest BCUT2D eigenvalue weighted by Crippen LogP contribution is 2.21. The Bertz CT molecular complexity index is 1190. The Labute approximate surface area is 185 Å². The zero-order chi connectivity index (χ0) is 22.2. The fourth-order valence-electron chi connectivity index (χ4n) is 3.06. The molecule has 8 nitrogen and oxygen atoms in total. The molecular formula is C24H22N6O2. The second-order valence-corrected chi connectivity index (χ2v) is 7.02. The summed E-state index contributed by atoms with van der Waals surface area (Å²) in [6, 6.07) is 26.4. The highest BCUT2D eigenvalue weighted by atomic mass is 16.2. The second kappa shape index (κ2) is 10.0. The minimum atomic E-state index is -0.352. The molecule has 0 bridgehead atoms. The van der Waals surface area contributed by atoms with Crippen LogP contribution in [0.1, 0.15) is 15.9 Å². The number of amides is 2. The van der Waals surface area contributed by atoms with Gasteiger partial charge in [0.05, 0.1) is 11.3 Å². The molecule has 8 heteroatoms. The maximum atomic E-state index is 12.8. The number of hydrogen-bond acceptors (Lipinski definition) is 5. The van der Waals surface area contributed by atoms with Crippen LogP contribution in [0.15, 0.2) is 91.3 Å². The number of anilines is 3. The minimum Gasteiger partial charge on any atom is -0.355 e. The third-order valence-corrected chi connectivity index (χ3v) is 4.62. The molecule has 4 aromatic rings. The minimum absolute atomic E-state index is 0.00184. The maximum absolute atomic E-state index is 12.8. The molecule has 4 rings (SSSR count). The van der Waals surface area contributed by atoms with Crippen LogP contribution < -0.4 is 16.0 Å². The van der Waals surface area contributed by atoms with Crippen molar-refractivity contribution in [2.24, 2.45) is 0 Å². The van der Waals surface area contributed by atoms with Crippen molar-refractivity contribution < 1.29 is 9.59 Å². The molecule has 0 radical (unpaired) electrons. The van der Waals surface area contributed by atoms with Crippen molar-refractivity contribution in [3.8, 4) is 0 Å². The lowest BCUT2D eigenvalue weighted by Gasteiger charge is -2.11. The highest BCUT2D eigenvalue weighted by molar-refractivity contribution is 6.07. The van der Waals surface area contributed by atoms with Crippen LogP contribution in [0.4, 0.5) is 17.3 Å². The summed E-state index contributed by atoms with van der Waals surface area (Å²) in [5.74, 6) is -0.426. The molecule has 3 aromatic carbocycles. The Morgan fingerprint density at radius 1 is 0.844 bits per heavy atom. The fourth-order valence-corrected chi connectivity index (χ4v) is 3.06. The molecule has 0 aliphatic rings. The summed E-state index contributed by atoms with van der Waals surface area (Å²) in [5, 5.41) is 12.9. The van der Waals surface area contributed by atoms with E-state index in [0.29, 0.717) is 17.8 Å². The normalized spacial score (nSPS) is 10.4. The van der Waals surface area contributed by atoms with Crippen LogP contribution in [-0.4, -0.2) is 26.6 Å². The van der Waals surface area contributed by atoms with E-state index >= 15 is 0 Å². The number of nitrogens with zero attached hydrogens (tertiary/aromatic N) is 3. The van der Waals surface area contributed by atoms with Crippen LogP contribution in [0.2, 0.25) is 0 Å². The molecule has 0 aliphatic heterocycles. The van der Waals surface area contributed by atoms with E-state index in [2.05, 4.69) is 26.0 Å². The van der Waals surface area contributed by atoms with Gasteiger partial charge < -0.3 is 10.6 Å². The number of carbonyl (C=O) groups excluding carboxylic acids is 2. The molecular weight excluding hydrogens is 404 g/mol. The van der Waals surface area contributed by atoms with Gasteiger partial charge in [-0.1, -0.05) is 60.7 Å². The Balaban J connectivity index is 1.35. The number of benzene rings is 3. The van der Waals surface area contributed by atoms with Gasteiger partial charge in [0.1, 0.15) is 12.9 Å². The van der Waals surface area contributed by atoms with E-state index in [0.717, 1.165) is 11.3 Å². The van der Waals surface area contributed by atoms with Crippen molar-refractivity contribution in [1.29, 1.82) is 0 Å². The summed E-state index contributed by atoms with van der Waals surface area (Å²) in [7, 11) is 0. The molecule has 0 saturated carbocycles. The predicted octanol–water partition coefficient (Wildman–Crippen LogP) is 3.59. The molecule has 160 valence electrons. The van der Waals surface area contributed by atoms with E-state index in [1.54, 1.807) is 12.1 Å². The van der Waals surface area contributed by atoms with Crippen molar-refractivity contribution in [2.45, 2.75) is 13.1 Å². The molecule has 3 N–H and O–H groups in total. The average Bonchev–Trinajstić information content (AvgIpc) is 3.26. The van der Waals surface area contributed by atoms with Crippen molar-refractivity contribution in [3.63, 3.8) is 0 Å². The smallest absolute Gasteiger partial charge is 0.260 e. The van der Waals surface area contributed by atoms with E-state index in [9.17, 15) is 9.59 Å². The number of rotatable bonds is 8. The number of hydrogen-bond donors (Lipinski definition) is 3. The van der Waals surface area contributed by atoms with Gasteiger partial charge in [0.25, 0.3) is 5.91 Å². The van der Waals surface area contributed by atoms with Gasteiger partial charge in [-0.05, 0) is 29.8 Å². The molecule has 0 spiro atoms. The van der Waals surface area contributed by atoms with Crippen LogP contribution in [0.3, 0.4) is 0 Å². The molecule has 0 atom stereocenters. The summed E-state index contributed by atoms with van der Waals surface area (Å²) < 4.78 is 1.38. The monoisotopic (exact) mass is 426 g/mol. The van der Waals surface area contributed by atoms with Crippen LogP contribution in [-0.2, 0) is 17.9 Å². The third-order valence-electron chi connectivity index (χ3n) is 4.62. The zero-order valence-corrected chi connectivity index (χ0v) is 17.2. The first-order valence-electron chi connectivity index (χ1n) is 10.1. The number of carbonyl (C=O) groups is 2. The Kier molecular flexibility index (Phi) is 6.52. The van der Waals surface area contributed by atoms with Crippen LogP contribution in [0.25, 0.3) is 0 Å². The fraction of sp³-hybridized carbons (Fsp3) is 0.0833. The quantitative estimate of drug-likeness (QED) is 0.400. The van der Waals surface area contributed by atoms with Crippen molar-refractivity contribution in [2.75, 3.05) is 10.6 Å². The van der Waals surface area contributed by atoms with Crippen molar-refractivity contribution in [1.82, 2.24) is 20.1 Å². The first-order chi connectivity index (χ1) is 15.7. The molecule has 0 saturated heterocycles. The lowest BCUT2D eigenvalue weighted by molar-refractivity contribution is -0.122. The zero-order valence-electron chi connectivity index (χ0n) is 17.2. The van der Waals surface area contributed by atoms with Gasteiger partial charge in [0.15, 0.2) is 0 Å². The molecule has 1 aromatic heterocycles. The van der Waals surface area contributed by atoms with E-state index in [4.69, 9.17) is 0 Å². The van der Waals surface area contributed by atoms with E-state index in [1.807, 2.05) is 72.8 Å². The van der Waals surface area contributed by atoms with Gasteiger partial charge in [-0.15, -0.1) is 5.10 Å². The van der Waals surface area contributed by atoms with Crippen LogP contribution in [0.5, 0.6) is 0 Å². The Morgan fingerprint density at radius 2 is 1.53 bits per heavy atom. The van der Waals surface area contributed by atoms with Gasteiger partial charge in [-0.25, -0.2) is 9.67 Å². The van der Waals surface area contributed by atoms with Crippen molar-refractivity contribution >= 4 is 29.1 Å². The summed E-state index contributed by atoms with van der Waals surface area (Å²) in [5.41, 5.74) is 3.00. The molecule has 0 aliphatic carbocycles. The lowest BCUT2D eigenvalue weighted by atomic mass is 10.1. The first-order valence-corrected chi connectivity index (χ1v) is 10.1. The molecule has 2 amide bonds. The van der Waals surface area contributed by atoms with Gasteiger partial charge in [-0.3, -0.25) is 14.9 Å². The maximum Gasteiger partial charge on any atom is 0.260 e.